The maximum Gasteiger partial charge on any atom is 0.358 e. The summed E-state index contributed by atoms with van der Waals surface area (Å²) in [4.78, 5) is 27.5. The Bertz CT molecular complexity index is 459. The van der Waals surface area contributed by atoms with Gasteiger partial charge in [-0.2, -0.15) is 0 Å². The molecule has 106 valence electrons. The molecule has 0 aliphatic carbocycles. The Balaban J connectivity index is 2.97. The van der Waals surface area contributed by atoms with Gasteiger partial charge in [-0.15, -0.1) is 0 Å². The molecule has 0 amide bonds. The Morgan fingerprint density at radius 3 is 2.58 bits per heavy atom. The van der Waals surface area contributed by atoms with Crippen LogP contribution in [0.15, 0.2) is 0 Å². The van der Waals surface area contributed by atoms with Crippen LogP contribution in [0.2, 0.25) is 0 Å². The number of aromatic nitrogens is 1. The van der Waals surface area contributed by atoms with Gasteiger partial charge in [0.2, 0.25) is 0 Å². The van der Waals surface area contributed by atoms with Crippen molar-refractivity contribution in [2.75, 3.05) is 26.1 Å². The molecule has 0 aliphatic heterocycles. The zero-order chi connectivity index (χ0) is 14.4. The van der Waals surface area contributed by atoms with Crippen LogP contribution in [0.4, 0.5) is 5.13 Å². The first-order valence-electron chi connectivity index (χ1n) is 5.89. The number of ether oxygens (including phenoxy) is 2. The number of ketones is 1. The van der Waals surface area contributed by atoms with E-state index >= 15 is 0 Å². The van der Waals surface area contributed by atoms with Crippen LogP contribution >= 0.6 is 11.3 Å². The molecule has 1 unspecified atom stereocenters. The van der Waals surface area contributed by atoms with Crippen molar-refractivity contribution in [1.29, 1.82) is 0 Å². The van der Waals surface area contributed by atoms with Crippen LogP contribution in [-0.4, -0.2) is 43.6 Å². The predicted molar refractivity (Wildman–Crippen MR) is 73.0 cm³/mol. The number of carbonyl (C=O) groups is 2. The number of methoxy groups -OCH3 is 2. The highest BCUT2D eigenvalue weighted by Crippen LogP contribution is 2.25. The summed E-state index contributed by atoms with van der Waals surface area (Å²) >= 11 is 1.15. The average Bonchev–Trinajstić information content (AvgIpc) is 2.81. The first-order valence-corrected chi connectivity index (χ1v) is 6.70. The van der Waals surface area contributed by atoms with E-state index in [2.05, 4.69) is 15.0 Å². The molecule has 1 rings (SSSR count). The molecule has 0 bridgehead atoms. The quantitative estimate of drug-likeness (QED) is 0.610. The van der Waals surface area contributed by atoms with Gasteiger partial charge < -0.3 is 14.8 Å². The maximum atomic E-state index is 11.6. The van der Waals surface area contributed by atoms with Crippen molar-refractivity contribution in [2.24, 2.45) is 0 Å². The molecule has 1 atom stereocenters. The maximum absolute atomic E-state index is 11.6. The van der Waals surface area contributed by atoms with Gasteiger partial charge in [-0.25, -0.2) is 9.78 Å². The number of nitrogens with zero attached hydrogens (tertiary/aromatic N) is 1. The van der Waals surface area contributed by atoms with E-state index in [-0.39, 0.29) is 17.5 Å². The number of Topliss-reactive ketones (excluding diaryl/α,β-unsaturated/α-hetero) is 1. The van der Waals surface area contributed by atoms with Gasteiger partial charge in [-0.05, 0) is 6.42 Å². The molecule has 0 aromatic carbocycles. The summed E-state index contributed by atoms with van der Waals surface area (Å²) in [6, 6.07) is 0.0847. The molecule has 0 saturated heterocycles. The zero-order valence-electron chi connectivity index (χ0n) is 11.5. The molecule has 1 aromatic rings. The summed E-state index contributed by atoms with van der Waals surface area (Å²) in [5, 5.41) is 3.67. The third-order valence-corrected chi connectivity index (χ3v) is 3.60. The highest BCUT2D eigenvalue weighted by molar-refractivity contribution is 7.17. The highest BCUT2D eigenvalue weighted by atomic mass is 32.1. The Morgan fingerprint density at radius 2 is 2.11 bits per heavy atom. The van der Waals surface area contributed by atoms with Gasteiger partial charge in [0.05, 0.1) is 19.8 Å². The van der Waals surface area contributed by atoms with Gasteiger partial charge in [-0.3, -0.25) is 4.79 Å². The topological polar surface area (TPSA) is 77.5 Å². The van der Waals surface area contributed by atoms with Gasteiger partial charge in [-0.1, -0.05) is 18.3 Å². The van der Waals surface area contributed by atoms with E-state index in [9.17, 15) is 9.59 Å². The number of rotatable bonds is 7. The number of nitrogens with one attached hydrogen (secondary N) is 1. The van der Waals surface area contributed by atoms with Crippen LogP contribution in [-0.2, 0) is 9.47 Å². The van der Waals surface area contributed by atoms with Gasteiger partial charge >= 0.3 is 5.97 Å². The Morgan fingerprint density at radius 1 is 1.42 bits per heavy atom. The van der Waals surface area contributed by atoms with E-state index in [0.29, 0.717) is 16.6 Å². The van der Waals surface area contributed by atoms with Crippen LogP contribution < -0.4 is 5.32 Å². The Kier molecular flexibility index (Phi) is 5.91. The number of hydrogen-bond donors (Lipinski definition) is 1. The minimum absolute atomic E-state index is 0.0646. The van der Waals surface area contributed by atoms with E-state index in [4.69, 9.17) is 4.74 Å². The molecule has 1 N–H and O–H groups in total. The van der Waals surface area contributed by atoms with E-state index in [1.54, 1.807) is 7.11 Å². The van der Waals surface area contributed by atoms with Gasteiger partial charge in [0.1, 0.15) is 4.88 Å². The van der Waals surface area contributed by atoms with Crippen molar-refractivity contribution < 1.29 is 19.1 Å². The number of thiazole rings is 1. The van der Waals surface area contributed by atoms with Crippen molar-refractivity contribution >= 4 is 28.2 Å². The second-order valence-corrected chi connectivity index (χ2v) is 4.95. The fraction of sp³-hybridized carbons (Fsp3) is 0.583. The first-order chi connectivity index (χ1) is 9.03. The van der Waals surface area contributed by atoms with Crippen LogP contribution in [0, 0.1) is 0 Å². The predicted octanol–water partition coefficient (Wildman–Crippen LogP) is 1.97. The third kappa shape index (κ3) is 4.00. The van der Waals surface area contributed by atoms with Crippen molar-refractivity contribution in [2.45, 2.75) is 26.3 Å². The molecular formula is C12H18N2O4S. The molecule has 19 heavy (non-hydrogen) atoms. The normalized spacial score (nSPS) is 12.0. The van der Waals surface area contributed by atoms with Crippen LogP contribution in [0.3, 0.4) is 0 Å². The minimum atomic E-state index is -0.603. The summed E-state index contributed by atoms with van der Waals surface area (Å²) in [5.41, 5.74) is 0.0646. The largest absolute Gasteiger partial charge is 0.464 e. The first kappa shape index (κ1) is 15.6. The van der Waals surface area contributed by atoms with E-state index < -0.39 is 5.97 Å². The lowest BCUT2D eigenvalue weighted by Gasteiger charge is -2.14. The van der Waals surface area contributed by atoms with Crippen molar-refractivity contribution in [3.05, 3.63) is 10.6 Å². The van der Waals surface area contributed by atoms with Gasteiger partial charge in [0, 0.05) is 14.0 Å². The summed E-state index contributed by atoms with van der Waals surface area (Å²) in [6.45, 7) is 3.94. The van der Waals surface area contributed by atoms with E-state index in [0.717, 1.165) is 17.8 Å². The molecule has 0 fully saturated rings. The molecule has 7 heteroatoms. The number of esters is 1. The van der Waals surface area contributed by atoms with Gasteiger partial charge in [0.25, 0.3) is 0 Å². The molecule has 6 nitrogen and oxygen atoms in total. The summed E-state index contributed by atoms with van der Waals surface area (Å²) in [7, 11) is 2.88. The Labute approximate surface area is 116 Å². The molecule has 0 radical (unpaired) electrons. The van der Waals surface area contributed by atoms with Crippen molar-refractivity contribution in [3.63, 3.8) is 0 Å². The summed E-state index contributed by atoms with van der Waals surface area (Å²) in [5.74, 6) is -0.806. The van der Waals surface area contributed by atoms with Crippen molar-refractivity contribution in [1.82, 2.24) is 4.98 Å². The number of hydrogen-bond acceptors (Lipinski definition) is 7. The van der Waals surface area contributed by atoms with E-state index in [1.165, 1.54) is 14.0 Å². The lowest BCUT2D eigenvalue weighted by atomic mass is 10.2. The van der Waals surface area contributed by atoms with E-state index in [1.807, 2.05) is 6.92 Å². The number of carbonyl (C=O) groups excluding carboxylic acids is 2. The second-order valence-electron chi connectivity index (χ2n) is 3.95. The lowest BCUT2D eigenvalue weighted by Crippen LogP contribution is -2.23. The summed E-state index contributed by atoms with van der Waals surface area (Å²) in [6.07, 6.45) is 0.844. The van der Waals surface area contributed by atoms with Crippen LogP contribution in [0.25, 0.3) is 0 Å². The average molecular weight is 286 g/mol. The molecule has 0 aliphatic rings. The molecule has 1 aromatic heterocycles. The SMILES string of the molecule is CCC(COC)Nc1nc(C(=O)OC)c(C(C)=O)s1. The minimum Gasteiger partial charge on any atom is -0.464 e. The molecule has 1 heterocycles. The second kappa shape index (κ2) is 7.20. The zero-order valence-corrected chi connectivity index (χ0v) is 12.3. The lowest BCUT2D eigenvalue weighted by molar-refractivity contribution is 0.0591. The molecule has 0 saturated carbocycles. The fourth-order valence-corrected chi connectivity index (χ4v) is 2.42. The molecular weight excluding hydrogens is 268 g/mol. The smallest absolute Gasteiger partial charge is 0.358 e. The van der Waals surface area contributed by atoms with Crippen LogP contribution in [0.5, 0.6) is 0 Å². The highest BCUT2D eigenvalue weighted by Gasteiger charge is 2.22. The third-order valence-electron chi connectivity index (χ3n) is 2.51. The fourth-order valence-electron chi connectivity index (χ4n) is 1.49. The molecule has 0 spiro atoms. The summed E-state index contributed by atoms with van der Waals surface area (Å²) < 4.78 is 9.70. The van der Waals surface area contributed by atoms with Crippen molar-refractivity contribution in [3.8, 4) is 0 Å². The monoisotopic (exact) mass is 286 g/mol. The van der Waals surface area contributed by atoms with Gasteiger partial charge in [0.15, 0.2) is 16.6 Å². The standard InChI is InChI=1S/C12H18N2O4S/c1-5-8(6-17-3)13-12-14-9(11(16)18-4)10(19-12)7(2)15/h8H,5-6H2,1-4H3,(H,13,14). The number of anilines is 1. The van der Waals surface area contributed by atoms with Crippen LogP contribution in [0.1, 0.15) is 40.4 Å². The Hall–Kier alpha value is -1.47.